The number of fused-ring (bicyclic) bond motifs is 1. The van der Waals surface area contributed by atoms with Gasteiger partial charge in [-0.1, -0.05) is 24.3 Å². The van der Waals surface area contributed by atoms with Crippen LogP contribution in [0.1, 0.15) is 35.9 Å². The molecule has 0 spiro atoms. The van der Waals surface area contributed by atoms with Crippen molar-refractivity contribution in [3.63, 3.8) is 0 Å². The highest BCUT2D eigenvalue weighted by Crippen LogP contribution is 2.34. The van der Waals surface area contributed by atoms with Gasteiger partial charge in [-0.2, -0.15) is 10.4 Å². The highest BCUT2D eigenvalue weighted by Gasteiger charge is 2.40. The minimum absolute atomic E-state index is 0.0790. The van der Waals surface area contributed by atoms with Crippen molar-refractivity contribution >= 4 is 17.4 Å². The average molecular weight is 564 g/mol. The maximum atomic E-state index is 15.3. The number of anilines is 1. The standard InChI is InChI=1S/C30H26FN9O2/c1-30(29(41)42)9-11-39(16-30)15-20-6-3-7-22(31)21(20)13-24-36-28-27(33)37-25(19-5-2-4-18(12-19)14-32)26(40(28)38-24)23-8-10-34-17-35-23/h2-8,10,12,17H,9,11,13,15-16H2,1H3,(H2,33,37)(H,41,42)/t30-/m1/s1. The van der Waals surface area contributed by atoms with Gasteiger partial charge in [-0.05, 0) is 55.3 Å². The Bertz CT molecular complexity index is 1870. The number of hydrogen-bond acceptors (Lipinski definition) is 9. The number of rotatable bonds is 7. The molecule has 42 heavy (non-hydrogen) atoms. The lowest BCUT2D eigenvalue weighted by molar-refractivity contribution is -0.147. The number of hydrogen-bond donors (Lipinski definition) is 2. The van der Waals surface area contributed by atoms with Gasteiger partial charge < -0.3 is 10.8 Å². The summed E-state index contributed by atoms with van der Waals surface area (Å²) in [4.78, 5) is 31.4. The predicted octanol–water partition coefficient (Wildman–Crippen LogP) is 3.73. The Hall–Kier alpha value is -5.28. The lowest BCUT2D eigenvalue weighted by Gasteiger charge is -2.21. The van der Waals surface area contributed by atoms with E-state index in [9.17, 15) is 15.2 Å². The monoisotopic (exact) mass is 563 g/mol. The first kappa shape index (κ1) is 26.9. The molecule has 1 atom stereocenters. The minimum Gasteiger partial charge on any atom is -0.481 e. The molecule has 0 aliphatic carbocycles. The number of carbonyl (C=O) groups is 1. The van der Waals surface area contributed by atoms with E-state index in [1.54, 1.807) is 48.0 Å². The molecule has 0 saturated carbocycles. The molecule has 6 rings (SSSR count). The van der Waals surface area contributed by atoms with Crippen LogP contribution in [0.25, 0.3) is 28.3 Å². The second kappa shape index (κ2) is 10.6. The topological polar surface area (TPSA) is 159 Å². The first-order chi connectivity index (χ1) is 20.3. The smallest absolute Gasteiger partial charge is 0.310 e. The average Bonchev–Trinajstić information content (AvgIpc) is 3.59. The Labute approximate surface area is 240 Å². The third kappa shape index (κ3) is 4.90. The van der Waals surface area contributed by atoms with Crippen LogP contribution in [0.3, 0.4) is 0 Å². The molecule has 12 heteroatoms. The number of likely N-dealkylation sites (tertiary alicyclic amines) is 1. The molecule has 1 saturated heterocycles. The highest BCUT2D eigenvalue weighted by atomic mass is 19.1. The summed E-state index contributed by atoms with van der Waals surface area (Å²) in [5, 5.41) is 23.8. The molecule has 2 aromatic carbocycles. The molecule has 0 unspecified atom stereocenters. The predicted molar refractivity (Wildman–Crippen MR) is 151 cm³/mol. The molecule has 1 fully saturated rings. The molecular weight excluding hydrogens is 537 g/mol. The van der Waals surface area contributed by atoms with Crippen LogP contribution in [0.4, 0.5) is 10.2 Å². The van der Waals surface area contributed by atoms with E-state index >= 15 is 4.39 Å². The van der Waals surface area contributed by atoms with Gasteiger partial charge in [-0.3, -0.25) is 9.69 Å². The van der Waals surface area contributed by atoms with Crippen LogP contribution in [-0.2, 0) is 17.8 Å². The normalized spacial score (nSPS) is 17.0. The number of halogens is 1. The molecule has 5 aromatic rings. The maximum Gasteiger partial charge on any atom is 0.310 e. The van der Waals surface area contributed by atoms with Crippen molar-refractivity contribution in [1.82, 2.24) is 34.4 Å². The number of aromatic nitrogens is 6. The zero-order valence-corrected chi connectivity index (χ0v) is 22.7. The lowest BCUT2D eigenvalue weighted by Crippen LogP contribution is -2.31. The van der Waals surface area contributed by atoms with Gasteiger partial charge in [0.25, 0.3) is 0 Å². The summed E-state index contributed by atoms with van der Waals surface area (Å²) in [6, 6.07) is 15.7. The number of nitrogens with two attached hydrogens (primary N) is 1. The van der Waals surface area contributed by atoms with Crippen LogP contribution in [0.2, 0.25) is 0 Å². The Kier molecular flexibility index (Phi) is 6.80. The van der Waals surface area contributed by atoms with Crippen molar-refractivity contribution < 1.29 is 14.3 Å². The molecule has 0 bridgehead atoms. The molecule has 1 aliphatic rings. The van der Waals surface area contributed by atoms with E-state index < -0.39 is 17.2 Å². The fourth-order valence-corrected chi connectivity index (χ4v) is 5.39. The van der Waals surface area contributed by atoms with Crippen molar-refractivity contribution in [2.75, 3.05) is 18.8 Å². The Morgan fingerprint density at radius 1 is 1.21 bits per heavy atom. The summed E-state index contributed by atoms with van der Waals surface area (Å²) in [6.45, 7) is 3.12. The van der Waals surface area contributed by atoms with Crippen LogP contribution in [0.15, 0.2) is 61.1 Å². The second-order valence-electron chi connectivity index (χ2n) is 10.6. The minimum atomic E-state index is -0.831. The fourth-order valence-electron chi connectivity index (χ4n) is 5.39. The summed E-state index contributed by atoms with van der Waals surface area (Å²) in [6.07, 6.45) is 3.61. The third-order valence-electron chi connectivity index (χ3n) is 7.65. The Morgan fingerprint density at radius 2 is 2.05 bits per heavy atom. The van der Waals surface area contributed by atoms with Crippen LogP contribution in [0.5, 0.6) is 0 Å². The summed E-state index contributed by atoms with van der Waals surface area (Å²) in [7, 11) is 0. The van der Waals surface area contributed by atoms with Gasteiger partial charge in [-0.15, -0.1) is 0 Å². The molecule has 0 amide bonds. The van der Waals surface area contributed by atoms with Crippen molar-refractivity contribution in [3.05, 3.63) is 89.4 Å². The van der Waals surface area contributed by atoms with Gasteiger partial charge >= 0.3 is 5.97 Å². The number of carboxylic acids is 1. The summed E-state index contributed by atoms with van der Waals surface area (Å²) >= 11 is 0. The highest BCUT2D eigenvalue weighted by molar-refractivity contribution is 5.81. The molecular formula is C30H26FN9O2. The van der Waals surface area contributed by atoms with E-state index in [2.05, 4.69) is 26.0 Å². The van der Waals surface area contributed by atoms with Crippen molar-refractivity contribution in [3.8, 4) is 28.7 Å². The number of nitriles is 1. The van der Waals surface area contributed by atoms with Crippen LogP contribution < -0.4 is 5.73 Å². The van der Waals surface area contributed by atoms with Crippen molar-refractivity contribution in [1.29, 1.82) is 5.26 Å². The quantitative estimate of drug-likeness (QED) is 0.299. The van der Waals surface area contributed by atoms with E-state index in [0.29, 0.717) is 65.7 Å². The number of nitrogen functional groups attached to an aromatic ring is 1. The van der Waals surface area contributed by atoms with Gasteiger partial charge in [0.05, 0.1) is 22.7 Å². The van der Waals surface area contributed by atoms with Crippen LogP contribution in [-0.4, -0.2) is 58.6 Å². The van der Waals surface area contributed by atoms with Crippen LogP contribution >= 0.6 is 0 Å². The molecule has 11 nitrogen and oxygen atoms in total. The lowest BCUT2D eigenvalue weighted by atomic mass is 9.90. The van der Waals surface area contributed by atoms with Crippen molar-refractivity contribution in [2.45, 2.75) is 26.3 Å². The second-order valence-corrected chi connectivity index (χ2v) is 10.6. The zero-order valence-electron chi connectivity index (χ0n) is 22.7. The third-order valence-corrected chi connectivity index (χ3v) is 7.65. The molecule has 210 valence electrons. The SMILES string of the molecule is C[C@@]1(C(=O)O)CCN(Cc2cccc(F)c2Cc2nc3c(N)nc(-c4cccc(C#N)c4)c(-c4ccncn4)n3n2)C1. The van der Waals surface area contributed by atoms with Gasteiger partial charge in [0.2, 0.25) is 0 Å². The summed E-state index contributed by atoms with van der Waals surface area (Å²) < 4.78 is 16.8. The van der Waals surface area contributed by atoms with E-state index in [4.69, 9.17) is 10.8 Å². The molecule has 4 heterocycles. The van der Waals surface area contributed by atoms with Gasteiger partial charge in [0.1, 0.15) is 23.5 Å². The first-order valence-electron chi connectivity index (χ1n) is 13.3. The number of carboxylic acid groups (broad SMARTS) is 1. The molecule has 3 aromatic heterocycles. The van der Waals surface area contributed by atoms with Crippen LogP contribution in [0, 0.1) is 22.6 Å². The fraction of sp³-hybridized carbons (Fsp3) is 0.233. The first-order valence-corrected chi connectivity index (χ1v) is 13.3. The number of aliphatic carboxylic acids is 1. The van der Waals surface area contributed by atoms with E-state index in [1.165, 1.54) is 12.4 Å². The van der Waals surface area contributed by atoms with Gasteiger partial charge in [0.15, 0.2) is 17.3 Å². The van der Waals surface area contributed by atoms with E-state index in [1.807, 2.05) is 17.0 Å². The number of nitrogens with zero attached hydrogens (tertiary/aromatic N) is 8. The van der Waals surface area contributed by atoms with Gasteiger partial charge in [0, 0.05) is 31.3 Å². The van der Waals surface area contributed by atoms with Crippen molar-refractivity contribution in [2.24, 2.45) is 5.41 Å². The zero-order chi connectivity index (χ0) is 29.4. The Morgan fingerprint density at radius 3 is 2.79 bits per heavy atom. The summed E-state index contributed by atoms with van der Waals surface area (Å²) in [5.74, 6) is -0.793. The maximum absolute atomic E-state index is 15.3. The Balaban J connectivity index is 1.42. The molecule has 0 radical (unpaired) electrons. The molecule has 3 N–H and O–H groups in total. The molecule has 1 aliphatic heterocycles. The van der Waals surface area contributed by atoms with E-state index in [-0.39, 0.29) is 17.9 Å². The summed E-state index contributed by atoms with van der Waals surface area (Å²) in [5.41, 5.74) is 9.55. The number of benzene rings is 2. The van der Waals surface area contributed by atoms with Gasteiger partial charge in [-0.25, -0.2) is 28.8 Å². The van der Waals surface area contributed by atoms with E-state index in [0.717, 1.165) is 5.56 Å². The largest absolute Gasteiger partial charge is 0.481 e.